The Morgan fingerprint density at radius 3 is 2.41 bits per heavy atom. The highest BCUT2D eigenvalue weighted by molar-refractivity contribution is 6.32. The fourth-order valence-electron chi connectivity index (χ4n) is 4.52. The number of benzene rings is 4. The van der Waals surface area contributed by atoms with Crippen molar-refractivity contribution in [2.45, 2.75) is 12.5 Å². The number of fused-ring (bicyclic) bond motifs is 1. The molecule has 5 rings (SSSR count). The number of nitrogens with zero attached hydrogens (tertiary/aromatic N) is 1. The van der Waals surface area contributed by atoms with Gasteiger partial charge in [-0.25, -0.2) is 4.79 Å². The van der Waals surface area contributed by atoms with Crippen LogP contribution in [0.2, 0.25) is 5.02 Å². The van der Waals surface area contributed by atoms with Gasteiger partial charge in [-0.1, -0.05) is 54.1 Å². The number of carbonyl (C=O) groups excluding carboxylic acids is 1. The summed E-state index contributed by atoms with van der Waals surface area (Å²) >= 11 is 6.15. The topological polar surface area (TPSA) is 113 Å². The van der Waals surface area contributed by atoms with Gasteiger partial charge in [0, 0.05) is 11.6 Å². The largest absolute Gasteiger partial charge is 0.495 e. The minimum atomic E-state index is -0.612. The lowest BCUT2D eigenvalue weighted by molar-refractivity contribution is 0.0734. The second-order valence-electron chi connectivity index (χ2n) is 9.05. The molecule has 0 aromatic heterocycles. The second kappa shape index (κ2) is 11.9. The van der Waals surface area contributed by atoms with Gasteiger partial charge >= 0.3 is 5.97 Å². The van der Waals surface area contributed by atoms with E-state index in [0.29, 0.717) is 35.2 Å². The number of rotatable bonds is 8. The lowest BCUT2D eigenvalue weighted by atomic mass is 9.83. The lowest BCUT2D eigenvalue weighted by Crippen LogP contribution is -2.21. The Balaban J connectivity index is 1.42. The maximum atomic E-state index is 12.8. The molecule has 9 heteroatoms. The summed E-state index contributed by atoms with van der Waals surface area (Å²) in [4.78, 5) is 12.8. The van der Waals surface area contributed by atoms with Crippen LogP contribution in [0.5, 0.6) is 28.7 Å². The third kappa shape index (κ3) is 5.76. The Labute approximate surface area is 242 Å². The summed E-state index contributed by atoms with van der Waals surface area (Å²) in [6.07, 6.45) is 0. The van der Waals surface area contributed by atoms with Crippen molar-refractivity contribution in [1.82, 2.24) is 0 Å². The van der Waals surface area contributed by atoms with Crippen LogP contribution in [-0.2, 0) is 6.61 Å². The van der Waals surface area contributed by atoms with Crippen LogP contribution in [0.3, 0.4) is 0 Å². The SMILES string of the molecule is COc1ccc(C(=O)Oc2ccc3c(c2)OC(N)=C(C#N)C3c2ccc(OCc3ccccc3)c(OC)c2)cc1Cl. The summed E-state index contributed by atoms with van der Waals surface area (Å²) in [7, 11) is 3.04. The van der Waals surface area contributed by atoms with E-state index in [1.54, 1.807) is 43.5 Å². The molecule has 2 N–H and O–H groups in total. The minimum absolute atomic E-state index is 0.0428. The van der Waals surface area contributed by atoms with Crippen LogP contribution >= 0.6 is 11.6 Å². The molecular weight excluding hydrogens is 544 g/mol. The zero-order valence-electron chi connectivity index (χ0n) is 22.2. The van der Waals surface area contributed by atoms with Gasteiger partial charge in [-0.3, -0.25) is 0 Å². The molecule has 1 aliphatic rings. The Morgan fingerprint density at radius 1 is 0.951 bits per heavy atom. The number of halogens is 1. The summed E-state index contributed by atoms with van der Waals surface area (Å²) in [5.41, 5.74) is 9.11. The van der Waals surface area contributed by atoms with Crippen LogP contribution in [-0.4, -0.2) is 20.2 Å². The molecule has 8 nitrogen and oxygen atoms in total. The lowest BCUT2D eigenvalue weighted by Gasteiger charge is -2.27. The Bertz CT molecular complexity index is 1680. The molecule has 1 unspecified atom stereocenters. The van der Waals surface area contributed by atoms with Gasteiger partial charge in [-0.15, -0.1) is 0 Å². The minimum Gasteiger partial charge on any atom is -0.495 e. The van der Waals surface area contributed by atoms with E-state index < -0.39 is 11.9 Å². The van der Waals surface area contributed by atoms with Gasteiger partial charge in [0.2, 0.25) is 5.88 Å². The van der Waals surface area contributed by atoms with Crippen molar-refractivity contribution in [2.24, 2.45) is 5.73 Å². The first-order valence-electron chi connectivity index (χ1n) is 12.5. The fraction of sp³-hybridized carbons (Fsp3) is 0.125. The zero-order chi connectivity index (χ0) is 28.9. The monoisotopic (exact) mass is 568 g/mol. The maximum absolute atomic E-state index is 12.8. The number of esters is 1. The van der Waals surface area contributed by atoms with Gasteiger partial charge in [0.15, 0.2) is 11.5 Å². The number of hydrogen-bond donors (Lipinski definition) is 1. The standard InChI is InChI=1S/C32H25ClN2O6/c1-37-26-12-9-21(14-25(26)33)32(36)40-22-10-11-23-28(16-22)41-31(35)24(17-34)30(23)20-8-13-27(29(15-20)38-2)39-18-19-6-4-3-5-7-19/h3-16,30H,18,35H2,1-2H3. The molecule has 0 spiro atoms. The molecule has 1 aliphatic heterocycles. The predicted octanol–water partition coefficient (Wildman–Crippen LogP) is 6.37. The number of nitriles is 1. The van der Waals surface area contributed by atoms with E-state index in [1.807, 2.05) is 42.5 Å². The molecule has 1 atom stereocenters. The molecule has 0 radical (unpaired) electrons. The molecule has 0 amide bonds. The van der Waals surface area contributed by atoms with E-state index in [0.717, 1.165) is 11.1 Å². The molecule has 0 bridgehead atoms. The summed E-state index contributed by atoms with van der Waals surface area (Å²) in [5.74, 6) is 0.890. The van der Waals surface area contributed by atoms with Crippen LogP contribution in [0.15, 0.2) is 96.4 Å². The summed E-state index contributed by atoms with van der Waals surface area (Å²) in [6.45, 7) is 0.372. The number of carbonyl (C=O) groups is 1. The van der Waals surface area contributed by atoms with Crippen molar-refractivity contribution in [1.29, 1.82) is 5.26 Å². The van der Waals surface area contributed by atoms with E-state index in [9.17, 15) is 10.1 Å². The quantitative estimate of drug-likeness (QED) is 0.193. The van der Waals surface area contributed by atoms with Crippen molar-refractivity contribution in [3.8, 4) is 34.8 Å². The molecule has 4 aromatic rings. The third-order valence-electron chi connectivity index (χ3n) is 6.55. The number of hydrogen-bond acceptors (Lipinski definition) is 8. The van der Waals surface area contributed by atoms with Gasteiger partial charge < -0.3 is 29.4 Å². The fourth-order valence-corrected chi connectivity index (χ4v) is 4.78. The molecule has 4 aromatic carbocycles. The van der Waals surface area contributed by atoms with Crippen molar-refractivity contribution in [3.63, 3.8) is 0 Å². The van der Waals surface area contributed by atoms with E-state index in [4.69, 9.17) is 41.0 Å². The Hall–Kier alpha value is -5.13. The van der Waals surface area contributed by atoms with Gasteiger partial charge in [-0.05, 0) is 47.5 Å². The van der Waals surface area contributed by atoms with Gasteiger partial charge in [-0.2, -0.15) is 5.26 Å². The van der Waals surface area contributed by atoms with Crippen molar-refractivity contribution < 1.29 is 28.5 Å². The van der Waals surface area contributed by atoms with Crippen LogP contribution in [0.25, 0.3) is 0 Å². The summed E-state index contributed by atoms with van der Waals surface area (Å²) < 4.78 is 28.1. The molecule has 206 valence electrons. The van der Waals surface area contributed by atoms with Crippen molar-refractivity contribution in [3.05, 3.63) is 124 Å². The molecule has 0 saturated carbocycles. The highest BCUT2D eigenvalue weighted by Crippen LogP contribution is 2.45. The Morgan fingerprint density at radius 2 is 1.71 bits per heavy atom. The van der Waals surface area contributed by atoms with E-state index in [1.165, 1.54) is 13.2 Å². The highest BCUT2D eigenvalue weighted by Gasteiger charge is 2.32. The number of allylic oxidation sites excluding steroid dienone is 1. The van der Waals surface area contributed by atoms with Gasteiger partial charge in [0.1, 0.15) is 35.5 Å². The molecule has 1 heterocycles. The summed E-state index contributed by atoms with van der Waals surface area (Å²) in [5, 5.41) is 10.2. The second-order valence-corrected chi connectivity index (χ2v) is 9.46. The Kier molecular flexibility index (Phi) is 7.99. The number of nitrogens with two attached hydrogens (primary N) is 1. The van der Waals surface area contributed by atoms with E-state index in [2.05, 4.69) is 6.07 Å². The molecule has 0 aliphatic carbocycles. The predicted molar refractivity (Wildman–Crippen MR) is 152 cm³/mol. The van der Waals surface area contributed by atoms with Crippen LogP contribution in [0, 0.1) is 11.3 Å². The normalized spacial score (nSPS) is 13.9. The molecule has 0 saturated heterocycles. The maximum Gasteiger partial charge on any atom is 0.343 e. The zero-order valence-corrected chi connectivity index (χ0v) is 23.0. The van der Waals surface area contributed by atoms with E-state index in [-0.39, 0.29) is 27.8 Å². The average Bonchev–Trinajstić information content (AvgIpc) is 2.99. The van der Waals surface area contributed by atoms with Gasteiger partial charge in [0.25, 0.3) is 0 Å². The van der Waals surface area contributed by atoms with E-state index >= 15 is 0 Å². The average molecular weight is 569 g/mol. The first kappa shape index (κ1) is 27.4. The summed E-state index contributed by atoms with van der Waals surface area (Å²) in [6, 6.07) is 27.0. The smallest absolute Gasteiger partial charge is 0.343 e. The number of ether oxygens (including phenoxy) is 5. The van der Waals surface area contributed by atoms with Crippen LogP contribution in [0.1, 0.15) is 33.0 Å². The van der Waals surface area contributed by atoms with Crippen LogP contribution < -0.4 is 29.4 Å². The molecular formula is C32H25ClN2O6. The van der Waals surface area contributed by atoms with Gasteiger partial charge in [0.05, 0.1) is 30.7 Å². The van der Waals surface area contributed by atoms with Crippen molar-refractivity contribution >= 4 is 17.6 Å². The first-order valence-corrected chi connectivity index (χ1v) is 12.9. The molecule has 41 heavy (non-hydrogen) atoms. The first-order chi connectivity index (χ1) is 19.9. The third-order valence-corrected chi connectivity index (χ3v) is 6.84. The molecule has 0 fully saturated rings. The van der Waals surface area contributed by atoms with Crippen LogP contribution in [0.4, 0.5) is 0 Å². The van der Waals surface area contributed by atoms with Crippen molar-refractivity contribution in [2.75, 3.05) is 14.2 Å². The number of methoxy groups -OCH3 is 2. The highest BCUT2D eigenvalue weighted by atomic mass is 35.5.